The minimum absolute atomic E-state index is 0.242. The number of aryl methyl sites for hydroxylation is 1. The van der Waals surface area contributed by atoms with Crippen molar-refractivity contribution < 1.29 is 9.74 Å². The molecule has 1 aromatic rings. The minimum atomic E-state index is 0.242. The van der Waals surface area contributed by atoms with Gasteiger partial charge in [-0.15, -0.1) is 0 Å². The molecule has 0 bridgehead atoms. The smallest absolute Gasteiger partial charge is 0.122 e. The third-order valence-electron chi connectivity index (χ3n) is 3.22. The molecule has 1 aromatic heterocycles. The molecule has 1 aliphatic rings. The zero-order valence-corrected chi connectivity index (χ0v) is 10.3. The van der Waals surface area contributed by atoms with E-state index in [2.05, 4.69) is 20.1 Å². The number of rotatable bonds is 4. The van der Waals surface area contributed by atoms with Gasteiger partial charge < -0.3 is 5.11 Å². The third-order valence-corrected chi connectivity index (χ3v) is 3.22. The van der Waals surface area contributed by atoms with Crippen LogP contribution in [0.15, 0.2) is 4.63 Å². The number of nitrogens with zero attached hydrogens (tertiary/aromatic N) is 4. The van der Waals surface area contributed by atoms with Gasteiger partial charge in [0, 0.05) is 26.2 Å². The number of aliphatic hydroxyl groups excluding tert-OH is 1. The summed E-state index contributed by atoms with van der Waals surface area (Å²) < 4.78 is 4.71. The molecule has 6 nitrogen and oxygen atoms in total. The maximum absolute atomic E-state index is 8.93. The lowest BCUT2D eigenvalue weighted by Gasteiger charge is -2.20. The molecule has 0 unspecified atom stereocenters. The Kier molecular flexibility index (Phi) is 4.47. The molecule has 0 aromatic carbocycles. The lowest BCUT2D eigenvalue weighted by Crippen LogP contribution is -2.32. The summed E-state index contributed by atoms with van der Waals surface area (Å²) in [7, 11) is 0. The standard InChI is InChI=1S/C11H20N4O2/c1-10-11(13-17-12-10)9-15-4-2-3-14(5-6-15)7-8-16/h16H,2-9H2,1H3. The Hall–Kier alpha value is -0.980. The second-order valence-electron chi connectivity index (χ2n) is 4.49. The molecular weight excluding hydrogens is 220 g/mol. The van der Waals surface area contributed by atoms with E-state index in [0.29, 0.717) is 0 Å². The molecule has 0 saturated carbocycles. The average Bonchev–Trinajstić information content (AvgIpc) is 2.59. The first-order chi connectivity index (χ1) is 8.29. The number of β-amino-alcohol motifs (C(OH)–C–C–N with tert-alkyl or cyclic N) is 1. The first-order valence-electron chi connectivity index (χ1n) is 6.13. The van der Waals surface area contributed by atoms with Crippen molar-refractivity contribution in [1.82, 2.24) is 20.1 Å². The Morgan fingerprint density at radius 3 is 2.65 bits per heavy atom. The maximum Gasteiger partial charge on any atom is 0.122 e. The summed E-state index contributed by atoms with van der Waals surface area (Å²) in [6, 6.07) is 0. The van der Waals surface area contributed by atoms with Crippen molar-refractivity contribution in [3.63, 3.8) is 0 Å². The van der Waals surface area contributed by atoms with Crippen molar-refractivity contribution in [2.24, 2.45) is 0 Å². The normalized spacial score (nSPS) is 19.4. The van der Waals surface area contributed by atoms with Crippen molar-refractivity contribution in [3.05, 3.63) is 11.4 Å². The Morgan fingerprint density at radius 2 is 1.94 bits per heavy atom. The zero-order chi connectivity index (χ0) is 12.1. The van der Waals surface area contributed by atoms with E-state index < -0.39 is 0 Å². The fourth-order valence-electron chi connectivity index (χ4n) is 2.15. The summed E-state index contributed by atoms with van der Waals surface area (Å²) in [4.78, 5) is 4.66. The fourth-order valence-corrected chi connectivity index (χ4v) is 2.15. The quantitative estimate of drug-likeness (QED) is 0.791. The lowest BCUT2D eigenvalue weighted by atomic mass is 10.3. The van der Waals surface area contributed by atoms with E-state index in [4.69, 9.17) is 9.74 Å². The van der Waals surface area contributed by atoms with Gasteiger partial charge in [0.2, 0.25) is 0 Å². The van der Waals surface area contributed by atoms with Crippen LogP contribution in [0, 0.1) is 6.92 Å². The van der Waals surface area contributed by atoms with Crippen LogP contribution >= 0.6 is 0 Å². The summed E-state index contributed by atoms with van der Waals surface area (Å²) in [6.45, 7) is 7.88. The molecule has 2 heterocycles. The molecule has 17 heavy (non-hydrogen) atoms. The molecule has 0 spiro atoms. The Balaban J connectivity index is 1.85. The van der Waals surface area contributed by atoms with E-state index in [0.717, 1.165) is 57.1 Å². The summed E-state index contributed by atoms with van der Waals surface area (Å²) in [5.41, 5.74) is 1.81. The van der Waals surface area contributed by atoms with Gasteiger partial charge >= 0.3 is 0 Å². The van der Waals surface area contributed by atoms with Crippen LogP contribution < -0.4 is 0 Å². The molecular formula is C11H20N4O2. The first-order valence-corrected chi connectivity index (χ1v) is 6.13. The molecule has 0 aliphatic carbocycles. The van der Waals surface area contributed by atoms with Crippen molar-refractivity contribution >= 4 is 0 Å². The van der Waals surface area contributed by atoms with Crippen LogP contribution in [0.4, 0.5) is 0 Å². The van der Waals surface area contributed by atoms with Crippen LogP contribution in [0.5, 0.6) is 0 Å². The predicted octanol–water partition coefficient (Wildman–Crippen LogP) is -0.122. The van der Waals surface area contributed by atoms with Gasteiger partial charge in [-0.2, -0.15) is 0 Å². The molecule has 1 saturated heterocycles. The topological polar surface area (TPSA) is 65.6 Å². The van der Waals surface area contributed by atoms with Gasteiger partial charge in [0.05, 0.1) is 6.61 Å². The minimum Gasteiger partial charge on any atom is -0.395 e. The largest absolute Gasteiger partial charge is 0.395 e. The van der Waals surface area contributed by atoms with Crippen molar-refractivity contribution in [1.29, 1.82) is 0 Å². The van der Waals surface area contributed by atoms with E-state index in [-0.39, 0.29) is 6.61 Å². The Bertz CT molecular complexity index is 342. The van der Waals surface area contributed by atoms with Gasteiger partial charge in [-0.1, -0.05) is 10.3 Å². The summed E-state index contributed by atoms with van der Waals surface area (Å²) in [5, 5.41) is 16.6. The van der Waals surface area contributed by atoms with E-state index in [1.807, 2.05) is 6.92 Å². The summed E-state index contributed by atoms with van der Waals surface area (Å²) >= 11 is 0. The second kappa shape index (κ2) is 6.09. The third kappa shape index (κ3) is 3.49. The predicted molar refractivity (Wildman–Crippen MR) is 62.5 cm³/mol. The SMILES string of the molecule is Cc1nonc1CN1CCCN(CCO)CC1. The second-order valence-corrected chi connectivity index (χ2v) is 4.49. The average molecular weight is 240 g/mol. The van der Waals surface area contributed by atoms with Crippen LogP contribution in [0.25, 0.3) is 0 Å². The van der Waals surface area contributed by atoms with Gasteiger partial charge in [-0.3, -0.25) is 9.80 Å². The molecule has 0 radical (unpaired) electrons. The molecule has 96 valence electrons. The van der Waals surface area contributed by atoms with E-state index >= 15 is 0 Å². The van der Waals surface area contributed by atoms with Crippen LogP contribution in [0.3, 0.4) is 0 Å². The number of hydrogen-bond acceptors (Lipinski definition) is 6. The van der Waals surface area contributed by atoms with E-state index in [1.165, 1.54) is 0 Å². The lowest BCUT2D eigenvalue weighted by molar-refractivity contribution is 0.195. The Labute approximate surface area is 101 Å². The number of aliphatic hydroxyl groups is 1. The summed E-state index contributed by atoms with van der Waals surface area (Å²) in [6.07, 6.45) is 1.13. The highest BCUT2D eigenvalue weighted by molar-refractivity contribution is 5.04. The van der Waals surface area contributed by atoms with E-state index in [1.54, 1.807) is 0 Å². The first kappa shape index (κ1) is 12.5. The number of hydrogen-bond donors (Lipinski definition) is 1. The molecule has 2 rings (SSSR count). The molecule has 1 aliphatic heterocycles. The molecule has 0 atom stereocenters. The van der Waals surface area contributed by atoms with Crippen LogP contribution in [0.2, 0.25) is 0 Å². The molecule has 6 heteroatoms. The van der Waals surface area contributed by atoms with Gasteiger partial charge in [-0.05, 0) is 26.4 Å². The molecule has 1 fully saturated rings. The highest BCUT2D eigenvalue weighted by Crippen LogP contribution is 2.09. The van der Waals surface area contributed by atoms with Crippen LogP contribution in [-0.2, 0) is 6.54 Å². The molecule has 1 N–H and O–H groups in total. The van der Waals surface area contributed by atoms with Gasteiger partial charge in [0.25, 0.3) is 0 Å². The van der Waals surface area contributed by atoms with Crippen molar-refractivity contribution in [2.45, 2.75) is 19.9 Å². The summed E-state index contributed by atoms with van der Waals surface area (Å²) in [5.74, 6) is 0. The monoisotopic (exact) mass is 240 g/mol. The highest BCUT2D eigenvalue weighted by atomic mass is 16.6. The Morgan fingerprint density at radius 1 is 1.18 bits per heavy atom. The molecule has 0 amide bonds. The highest BCUT2D eigenvalue weighted by Gasteiger charge is 2.16. The van der Waals surface area contributed by atoms with Gasteiger partial charge in [-0.25, -0.2) is 4.63 Å². The van der Waals surface area contributed by atoms with Gasteiger partial charge in [0.1, 0.15) is 11.4 Å². The number of aromatic nitrogens is 2. The van der Waals surface area contributed by atoms with Gasteiger partial charge in [0.15, 0.2) is 0 Å². The zero-order valence-electron chi connectivity index (χ0n) is 10.3. The van der Waals surface area contributed by atoms with Crippen LogP contribution in [0.1, 0.15) is 17.8 Å². The van der Waals surface area contributed by atoms with Crippen molar-refractivity contribution in [2.75, 3.05) is 39.3 Å². The van der Waals surface area contributed by atoms with Crippen LogP contribution in [-0.4, -0.2) is 64.6 Å². The van der Waals surface area contributed by atoms with E-state index in [9.17, 15) is 0 Å². The fraction of sp³-hybridized carbons (Fsp3) is 0.818. The van der Waals surface area contributed by atoms with Crippen molar-refractivity contribution in [3.8, 4) is 0 Å². The maximum atomic E-state index is 8.93.